The van der Waals surface area contributed by atoms with E-state index >= 15 is 0 Å². The maximum atomic E-state index is 13.0. The van der Waals surface area contributed by atoms with Crippen LogP contribution < -0.4 is 10.3 Å². The van der Waals surface area contributed by atoms with Gasteiger partial charge in [-0.3, -0.25) is 9.59 Å². The lowest BCUT2D eigenvalue weighted by Gasteiger charge is -2.32. The maximum absolute atomic E-state index is 13.0. The summed E-state index contributed by atoms with van der Waals surface area (Å²) in [6.45, 7) is 2.62. The van der Waals surface area contributed by atoms with Gasteiger partial charge in [-0.25, -0.2) is 4.52 Å². The molecule has 1 amide bonds. The number of hydrogen-bond donors (Lipinski definition) is 0. The van der Waals surface area contributed by atoms with Gasteiger partial charge in [-0.1, -0.05) is 0 Å². The van der Waals surface area contributed by atoms with Crippen molar-refractivity contribution < 1.29 is 22.7 Å². The minimum Gasteiger partial charge on any atom is -0.490 e. The van der Waals surface area contributed by atoms with E-state index < -0.39 is 11.7 Å². The quantitative estimate of drug-likeness (QED) is 0.636. The van der Waals surface area contributed by atoms with Crippen LogP contribution in [0, 0.1) is 6.92 Å². The Kier molecular flexibility index (Phi) is 5.24. The summed E-state index contributed by atoms with van der Waals surface area (Å²) in [5.74, 6) is 0.0880. The van der Waals surface area contributed by atoms with Gasteiger partial charge in [0.25, 0.3) is 11.5 Å². The van der Waals surface area contributed by atoms with Gasteiger partial charge in [-0.15, -0.1) is 0 Å². The topological polar surface area (TPSA) is 68.8 Å². The van der Waals surface area contributed by atoms with E-state index in [4.69, 9.17) is 4.74 Å². The third-order valence-electron chi connectivity index (χ3n) is 5.45. The highest BCUT2D eigenvalue weighted by molar-refractivity contribution is 6.00. The van der Waals surface area contributed by atoms with E-state index in [-0.39, 0.29) is 28.7 Å². The first-order chi connectivity index (χ1) is 14.6. The number of ether oxygens (including phenoxy) is 1. The van der Waals surface area contributed by atoms with E-state index in [0.717, 1.165) is 17.8 Å². The van der Waals surface area contributed by atoms with Crippen LogP contribution in [0.15, 0.2) is 41.5 Å². The lowest BCUT2D eigenvalue weighted by Crippen LogP contribution is -2.42. The first kappa shape index (κ1) is 21.0. The molecule has 1 aliphatic rings. The van der Waals surface area contributed by atoms with Gasteiger partial charge in [0, 0.05) is 39.2 Å². The van der Waals surface area contributed by atoms with Crippen LogP contribution in [0.25, 0.3) is 5.52 Å². The van der Waals surface area contributed by atoms with Crippen molar-refractivity contribution in [1.29, 1.82) is 0 Å². The summed E-state index contributed by atoms with van der Waals surface area (Å²) in [5, 5.41) is 4.18. The van der Waals surface area contributed by atoms with Gasteiger partial charge in [0.1, 0.15) is 17.4 Å². The highest BCUT2D eigenvalue weighted by Crippen LogP contribution is 2.31. The molecule has 4 rings (SSSR count). The van der Waals surface area contributed by atoms with Crippen molar-refractivity contribution in [2.75, 3.05) is 13.1 Å². The summed E-state index contributed by atoms with van der Waals surface area (Å²) in [5.41, 5.74) is 0.212. The molecule has 10 heteroatoms. The standard InChI is InChI=1S/C21H21F3N4O3/c1-13-12-26(2)20(30)18-17(11-25-28(13)18)19(29)27-9-7-16(8-10-27)31-15-5-3-14(4-6-15)21(22,23)24/h3-6,11-12,16H,7-10H2,1-2H3. The predicted octanol–water partition coefficient (Wildman–Crippen LogP) is 3.04. The lowest BCUT2D eigenvalue weighted by atomic mass is 10.1. The van der Waals surface area contributed by atoms with Gasteiger partial charge in [0.2, 0.25) is 0 Å². The third-order valence-corrected chi connectivity index (χ3v) is 5.45. The van der Waals surface area contributed by atoms with Crippen LogP contribution in [0.5, 0.6) is 5.75 Å². The van der Waals surface area contributed by atoms with Gasteiger partial charge < -0.3 is 14.2 Å². The first-order valence-electron chi connectivity index (χ1n) is 9.82. The van der Waals surface area contributed by atoms with Gasteiger partial charge in [-0.05, 0) is 31.2 Å². The highest BCUT2D eigenvalue weighted by Gasteiger charge is 2.31. The Morgan fingerprint density at radius 1 is 1.16 bits per heavy atom. The van der Waals surface area contributed by atoms with Crippen molar-refractivity contribution in [2.24, 2.45) is 7.05 Å². The Bertz CT molecular complexity index is 1170. The monoisotopic (exact) mass is 434 g/mol. The minimum absolute atomic E-state index is 0.209. The Morgan fingerprint density at radius 2 is 1.81 bits per heavy atom. The molecule has 0 atom stereocenters. The molecule has 164 valence electrons. The summed E-state index contributed by atoms with van der Waals surface area (Å²) in [7, 11) is 1.63. The van der Waals surface area contributed by atoms with Gasteiger partial charge >= 0.3 is 6.18 Å². The average molecular weight is 434 g/mol. The molecule has 1 aliphatic heterocycles. The van der Waals surface area contributed by atoms with E-state index in [9.17, 15) is 22.8 Å². The van der Waals surface area contributed by atoms with Crippen LogP contribution in [0.2, 0.25) is 0 Å². The number of aromatic nitrogens is 3. The second-order valence-electron chi connectivity index (χ2n) is 7.64. The molecular weight excluding hydrogens is 413 g/mol. The number of fused-ring (bicyclic) bond motifs is 1. The number of amides is 1. The molecule has 0 radical (unpaired) electrons. The minimum atomic E-state index is -4.39. The van der Waals surface area contributed by atoms with E-state index in [1.54, 1.807) is 25.1 Å². The normalized spacial score (nSPS) is 15.5. The van der Waals surface area contributed by atoms with Crippen LogP contribution in [0.4, 0.5) is 13.2 Å². The van der Waals surface area contributed by atoms with Crippen molar-refractivity contribution >= 4 is 11.4 Å². The molecule has 0 spiro atoms. The Balaban J connectivity index is 1.43. The van der Waals surface area contributed by atoms with Gasteiger partial charge in [0.05, 0.1) is 23.0 Å². The fraction of sp³-hybridized carbons (Fsp3) is 0.381. The molecule has 7 nitrogen and oxygen atoms in total. The first-order valence-corrected chi connectivity index (χ1v) is 9.82. The summed E-state index contributed by atoms with van der Waals surface area (Å²) >= 11 is 0. The fourth-order valence-electron chi connectivity index (χ4n) is 3.80. The molecule has 3 aromatic rings. The fourth-order valence-corrected chi connectivity index (χ4v) is 3.80. The number of likely N-dealkylation sites (tertiary alicyclic amines) is 1. The molecule has 0 unspecified atom stereocenters. The molecule has 0 saturated carbocycles. The SMILES string of the molecule is Cc1cn(C)c(=O)c2c(C(=O)N3CCC(Oc4ccc(C(F)(F)F)cc4)CC3)cnn12. The molecule has 1 fully saturated rings. The number of benzene rings is 1. The average Bonchev–Trinajstić information content (AvgIpc) is 3.18. The third kappa shape index (κ3) is 4.01. The van der Waals surface area contributed by atoms with Gasteiger partial charge in [0.15, 0.2) is 0 Å². The number of halogens is 3. The van der Waals surface area contributed by atoms with Crippen LogP contribution in [0.1, 0.15) is 34.5 Å². The second kappa shape index (κ2) is 7.75. The summed E-state index contributed by atoms with van der Waals surface area (Å²) in [6.07, 6.45) is -0.467. The van der Waals surface area contributed by atoms with Crippen LogP contribution in [-0.4, -0.2) is 44.2 Å². The molecule has 31 heavy (non-hydrogen) atoms. The smallest absolute Gasteiger partial charge is 0.416 e. The molecule has 1 aromatic carbocycles. The molecule has 0 bridgehead atoms. The number of hydrogen-bond acceptors (Lipinski definition) is 4. The lowest BCUT2D eigenvalue weighted by molar-refractivity contribution is -0.137. The zero-order valence-electron chi connectivity index (χ0n) is 17.0. The molecule has 3 heterocycles. The van der Waals surface area contributed by atoms with Gasteiger partial charge in [-0.2, -0.15) is 18.3 Å². The Hall–Kier alpha value is -3.30. The number of alkyl halides is 3. The second-order valence-corrected chi connectivity index (χ2v) is 7.64. The van der Waals surface area contributed by atoms with E-state index in [1.807, 2.05) is 0 Å². The van der Waals surface area contributed by atoms with Crippen LogP contribution in [0.3, 0.4) is 0 Å². The number of aryl methyl sites for hydroxylation is 2. The van der Waals surface area contributed by atoms with E-state index in [2.05, 4.69) is 5.10 Å². The van der Waals surface area contributed by atoms with Crippen molar-refractivity contribution in [3.05, 3.63) is 63.8 Å². The molecule has 0 N–H and O–H groups in total. The molecule has 1 saturated heterocycles. The summed E-state index contributed by atoms with van der Waals surface area (Å²) in [4.78, 5) is 27.2. The summed E-state index contributed by atoms with van der Waals surface area (Å²) < 4.78 is 46.7. The Morgan fingerprint density at radius 3 is 2.42 bits per heavy atom. The number of carbonyl (C=O) groups excluding carboxylic acids is 1. The number of piperidine rings is 1. The van der Waals surface area contributed by atoms with Crippen molar-refractivity contribution in [2.45, 2.75) is 32.0 Å². The largest absolute Gasteiger partial charge is 0.490 e. The highest BCUT2D eigenvalue weighted by atomic mass is 19.4. The molecule has 0 aliphatic carbocycles. The van der Waals surface area contributed by atoms with Crippen molar-refractivity contribution in [3.63, 3.8) is 0 Å². The van der Waals surface area contributed by atoms with Crippen molar-refractivity contribution in [3.8, 4) is 5.75 Å². The Labute approximate surface area is 175 Å². The van der Waals surface area contributed by atoms with Crippen LogP contribution in [-0.2, 0) is 13.2 Å². The summed E-state index contributed by atoms with van der Waals surface area (Å²) in [6, 6.07) is 4.58. The molecular formula is C21H21F3N4O3. The van der Waals surface area contributed by atoms with Crippen LogP contribution >= 0.6 is 0 Å². The van der Waals surface area contributed by atoms with E-state index in [0.29, 0.717) is 31.7 Å². The zero-order valence-corrected chi connectivity index (χ0v) is 17.0. The number of nitrogens with zero attached hydrogens (tertiary/aromatic N) is 4. The van der Waals surface area contributed by atoms with Crippen molar-refractivity contribution in [1.82, 2.24) is 19.1 Å². The number of rotatable bonds is 3. The predicted molar refractivity (Wildman–Crippen MR) is 106 cm³/mol. The molecule has 2 aromatic heterocycles. The maximum Gasteiger partial charge on any atom is 0.416 e. The number of carbonyl (C=O) groups is 1. The zero-order chi connectivity index (χ0) is 22.3. The van der Waals surface area contributed by atoms with E-state index in [1.165, 1.54) is 27.4 Å².